The van der Waals surface area contributed by atoms with Crippen LogP contribution < -0.4 is 5.73 Å². The van der Waals surface area contributed by atoms with Crippen molar-refractivity contribution >= 4 is 5.91 Å². The molecule has 2 fully saturated rings. The molecule has 4 heteroatoms. The summed E-state index contributed by atoms with van der Waals surface area (Å²) in [7, 11) is 1.88. The third kappa shape index (κ3) is 2.47. The Bertz CT molecular complexity index is 287. The second kappa shape index (κ2) is 4.94. The molecule has 1 aliphatic carbocycles. The van der Waals surface area contributed by atoms with Gasteiger partial charge in [-0.15, -0.1) is 0 Å². The number of likely N-dealkylation sites (N-methyl/N-ethyl adjacent to an activating group) is 1. The van der Waals surface area contributed by atoms with Crippen LogP contribution in [0.25, 0.3) is 0 Å². The van der Waals surface area contributed by atoms with E-state index in [9.17, 15) is 4.79 Å². The van der Waals surface area contributed by atoms with E-state index in [0.29, 0.717) is 0 Å². The van der Waals surface area contributed by atoms with Gasteiger partial charge >= 0.3 is 0 Å². The Labute approximate surface area is 103 Å². The lowest BCUT2D eigenvalue weighted by atomic mass is 9.81. The molecule has 1 saturated heterocycles. The molecule has 0 bridgehead atoms. The van der Waals surface area contributed by atoms with Crippen molar-refractivity contribution in [3.05, 3.63) is 0 Å². The van der Waals surface area contributed by atoms with Crippen LogP contribution in [0.3, 0.4) is 0 Å². The molecule has 98 valence electrons. The van der Waals surface area contributed by atoms with E-state index in [0.717, 1.165) is 38.7 Å². The zero-order chi connectivity index (χ0) is 12.5. The van der Waals surface area contributed by atoms with Crippen LogP contribution in [0.5, 0.6) is 0 Å². The smallest absolute Gasteiger partial charge is 0.242 e. The van der Waals surface area contributed by atoms with E-state index in [4.69, 9.17) is 10.5 Å². The molecule has 2 rings (SSSR count). The molecule has 1 heterocycles. The minimum absolute atomic E-state index is 0.111. The van der Waals surface area contributed by atoms with Gasteiger partial charge in [-0.05, 0) is 26.2 Å². The Morgan fingerprint density at radius 3 is 2.53 bits per heavy atom. The summed E-state index contributed by atoms with van der Waals surface area (Å²) in [6, 6.07) is 0.199. The first-order valence-electron chi connectivity index (χ1n) is 6.72. The molecule has 2 N–H and O–H groups in total. The fraction of sp³-hybridized carbons (Fsp3) is 0.923. The summed E-state index contributed by atoms with van der Waals surface area (Å²) in [6.07, 6.45) is 6.09. The van der Waals surface area contributed by atoms with Crippen LogP contribution in [0.1, 0.15) is 45.4 Å². The van der Waals surface area contributed by atoms with E-state index in [-0.39, 0.29) is 18.1 Å². The summed E-state index contributed by atoms with van der Waals surface area (Å²) in [6.45, 7) is 2.78. The second-order valence-electron chi connectivity index (χ2n) is 5.56. The number of ether oxygens (including phenoxy) is 1. The molecule has 1 saturated carbocycles. The van der Waals surface area contributed by atoms with Gasteiger partial charge in [-0.1, -0.05) is 19.3 Å². The predicted octanol–water partition coefficient (Wildman–Crippen LogP) is 1.28. The number of amides is 1. The average molecular weight is 240 g/mol. The van der Waals surface area contributed by atoms with Gasteiger partial charge in [0.2, 0.25) is 5.91 Å². The predicted molar refractivity (Wildman–Crippen MR) is 66.6 cm³/mol. The van der Waals surface area contributed by atoms with E-state index < -0.39 is 5.54 Å². The average Bonchev–Trinajstić information content (AvgIpc) is 2.74. The minimum Gasteiger partial charge on any atom is -0.376 e. The largest absolute Gasteiger partial charge is 0.376 e. The second-order valence-corrected chi connectivity index (χ2v) is 5.56. The van der Waals surface area contributed by atoms with Gasteiger partial charge in [-0.3, -0.25) is 4.79 Å². The summed E-state index contributed by atoms with van der Waals surface area (Å²) in [5.74, 6) is 0.111. The number of hydrogen-bond donors (Lipinski definition) is 1. The number of hydrogen-bond acceptors (Lipinski definition) is 3. The number of nitrogens with zero attached hydrogens (tertiary/aromatic N) is 1. The quantitative estimate of drug-likeness (QED) is 0.791. The van der Waals surface area contributed by atoms with Crippen molar-refractivity contribution in [1.82, 2.24) is 4.90 Å². The van der Waals surface area contributed by atoms with Crippen LogP contribution in [0.15, 0.2) is 0 Å². The molecule has 2 aliphatic rings. The van der Waals surface area contributed by atoms with Crippen LogP contribution in [-0.4, -0.2) is 42.1 Å². The SMILES string of the molecule is CC1OCCC1N(C)C(=O)C1(N)CCCCC1. The summed E-state index contributed by atoms with van der Waals surface area (Å²) in [5, 5.41) is 0. The van der Waals surface area contributed by atoms with Crippen LogP contribution in [-0.2, 0) is 9.53 Å². The number of nitrogens with two attached hydrogens (primary N) is 1. The van der Waals surface area contributed by atoms with Crippen molar-refractivity contribution in [3.8, 4) is 0 Å². The summed E-state index contributed by atoms with van der Waals surface area (Å²) in [4.78, 5) is 14.3. The number of rotatable bonds is 2. The molecular weight excluding hydrogens is 216 g/mol. The van der Waals surface area contributed by atoms with Crippen LogP contribution in [0.2, 0.25) is 0 Å². The molecule has 1 aliphatic heterocycles. The molecule has 4 nitrogen and oxygen atoms in total. The molecule has 0 aromatic heterocycles. The third-order valence-electron chi connectivity index (χ3n) is 4.33. The summed E-state index contributed by atoms with van der Waals surface area (Å²) >= 11 is 0. The fourth-order valence-corrected chi connectivity index (χ4v) is 3.13. The maximum atomic E-state index is 12.5. The lowest BCUT2D eigenvalue weighted by Gasteiger charge is -2.38. The zero-order valence-corrected chi connectivity index (χ0v) is 10.9. The van der Waals surface area contributed by atoms with E-state index in [1.807, 2.05) is 18.9 Å². The first-order valence-corrected chi connectivity index (χ1v) is 6.72. The van der Waals surface area contributed by atoms with Crippen molar-refractivity contribution in [2.24, 2.45) is 5.73 Å². The molecule has 17 heavy (non-hydrogen) atoms. The van der Waals surface area contributed by atoms with E-state index in [1.165, 1.54) is 6.42 Å². The van der Waals surface area contributed by atoms with Gasteiger partial charge in [0, 0.05) is 13.7 Å². The molecule has 2 unspecified atom stereocenters. The van der Waals surface area contributed by atoms with E-state index >= 15 is 0 Å². The Hall–Kier alpha value is -0.610. The van der Waals surface area contributed by atoms with E-state index in [2.05, 4.69) is 0 Å². The Morgan fingerprint density at radius 1 is 1.35 bits per heavy atom. The standard InChI is InChI=1S/C13H24N2O2/c1-10-11(6-9-17-10)15(2)12(16)13(14)7-4-3-5-8-13/h10-11H,3-9,14H2,1-2H3. The highest BCUT2D eigenvalue weighted by molar-refractivity contribution is 5.86. The van der Waals surface area contributed by atoms with Gasteiger partial charge in [0.05, 0.1) is 17.7 Å². The molecule has 0 spiro atoms. The molecule has 0 aromatic rings. The lowest BCUT2D eigenvalue weighted by Crippen LogP contribution is -2.58. The van der Waals surface area contributed by atoms with Crippen LogP contribution >= 0.6 is 0 Å². The summed E-state index contributed by atoms with van der Waals surface area (Å²) in [5.41, 5.74) is 5.67. The topological polar surface area (TPSA) is 55.6 Å². The number of carbonyl (C=O) groups is 1. The van der Waals surface area contributed by atoms with Gasteiger partial charge < -0.3 is 15.4 Å². The van der Waals surface area contributed by atoms with Gasteiger partial charge in [0.25, 0.3) is 0 Å². The lowest BCUT2D eigenvalue weighted by molar-refractivity contribution is -0.140. The van der Waals surface area contributed by atoms with Gasteiger partial charge in [-0.2, -0.15) is 0 Å². The zero-order valence-electron chi connectivity index (χ0n) is 10.9. The van der Waals surface area contributed by atoms with Gasteiger partial charge in [-0.25, -0.2) is 0 Å². The monoisotopic (exact) mass is 240 g/mol. The highest BCUT2D eigenvalue weighted by Gasteiger charge is 2.41. The van der Waals surface area contributed by atoms with Crippen molar-refractivity contribution in [2.45, 2.75) is 63.1 Å². The normalized spacial score (nSPS) is 32.4. The third-order valence-corrected chi connectivity index (χ3v) is 4.33. The van der Waals surface area contributed by atoms with Crippen molar-refractivity contribution in [2.75, 3.05) is 13.7 Å². The maximum absolute atomic E-state index is 12.5. The molecule has 2 atom stereocenters. The molecule has 0 radical (unpaired) electrons. The summed E-state index contributed by atoms with van der Waals surface area (Å²) < 4.78 is 5.52. The van der Waals surface area contributed by atoms with E-state index in [1.54, 1.807) is 0 Å². The van der Waals surface area contributed by atoms with Crippen molar-refractivity contribution in [1.29, 1.82) is 0 Å². The Kier molecular flexibility index (Phi) is 3.73. The molecule has 1 amide bonds. The Morgan fingerprint density at radius 2 is 2.00 bits per heavy atom. The first kappa shape index (κ1) is 12.8. The van der Waals surface area contributed by atoms with Crippen LogP contribution in [0, 0.1) is 0 Å². The maximum Gasteiger partial charge on any atom is 0.242 e. The first-order chi connectivity index (χ1) is 8.04. The Balaban J connectivity index is 2.03. The van der Waals surface area contributed by atoms with Gasteiger partial charge in [0.1, 0.15) is 0 Å². The minimum atomic E-state index is -0.616. The highest BCUT2D eigenvalue weighted by Crippen LogP contribution is 2.29. The van der Waals surface area contributed by atoms with Crippen molar-refractivity contribution < 1.29 is 9.53 Å². The van der Waals surface area contributed by atoms with Crippen molar-refractivity contribution in [3.63, 3.8) is 0 Å². The van der Waals surface area contributed by atoms with Crippen LogP contribution in [0.4, 0.5) is 0 Å². The molecular formula is C13H24N2O2. The van der Waals surface area contributed by atoms with Gasteiger partial charge in [0.15, 0.2) is 0 Å². The molecule has 0 aromatic carbocycles. The number of carbonyl (C=O) groups excluding carboxylic acids is 1. The fourth-order valence-electron chi connectivity index (χ4n) is 3.13. The highest BCUT2D eigenvalue weighted by atomic mass is 16.5.